The van der Waals surface area contributed by atoms with Gasteiger partial charge in [-0.05, 0) is 61.9 Å². The second kappa shape index (κ2) is 10.1. The molecule has 0 radical (unpaired) electrons. The number of cyclic esters (lactones) is 1. The Kier molecular flexibility index (Phi) is 7.51. The molecule has 7 heteroatoms. The molecular weight excluding hydrogens is 420 g/mol. The molecule has 0 aliphatic carbocycles. The molecule has 0 aromatic heterocycles. The van der Waals surface area contributed by atoms with Crippen LogP contribution in [0.1, 0.15) is 57.2 Å². The van der Waals surface area contributed by atoms with Gasteiger partial charge in [0.1, 0.15) is 17.5 Å². The van der Waals surface area contributed by atoms with E-state index < -0.39 is 29.9 Å². The van der Waals surface area contributed by atoms with Crippen molar-refractivity contribution in [3.8, 4) is 5.75 Å². The maximum atomic E-state index is 12.7. The molecule has 2 atom stereocenters. The zero-order chi connectivity index (χ0) is 24.2. The van der Waals surface area contributed by atoms with Gasteiger partial charge in [-0.3, -0.25) is 0 Å². The summed E-state index contributed by atoms with van der Waals surface area (Å²) in [6.45, 7) is 10.4. The average Bonchev–Trinajstić information content (AvgIpc) is 3.06. The number of phenolic OH excluding ortho intramolecular Hbond substituents is 1. The normalized spacial score (nSPS) is 17.1. The molecule has 0 bridgehead atoms. The van der Waals surface area contributed by atoms with E-state index in [1.165, 1.54) is 5.56 Å². The zero-order valence-electron chi connectivity index (χ0n) is 20.0. The lowest BCUT2D eigenvalue weighted by Gasteiger charge is -2.26. The minimum atomic E-state index is -0.653. The molecule has 3 rings (SSSR count). The second-order valence-corrected chi connectivity index (χ2v) is 9.83. The fraction of sp³-hybridized carbons (Fsp3) is 0.462. The Morgan fingerprint density at radius 3 is 2.55 bits per heavy atom. The Hall–Kier alpha value is -3.22. The lowest BCUT2D eigenvalue weighted by atomic mass is 10.00. The van der Waals surface area contributed by atoms with Crippen molar-refractivity contribution >= 4 is 12.2 Å². The van der Waals surface area contributed by atoms with Gasteiger partial charge in [0.2, 0.25) is 0 Å². The third-order valence-electron chi connectivity index (χ3n) is 5.42. The summed E-state index contributed by atoms with van der Waals surface area (Å²) in [7, 11) is 0. The molecule has 2 amide bonds. The Morgan fingerprint density at radius 2 is 1.88 bits per heavy atom. The molecule has 2 unspecified atom stereocenters. The van der Waals surface area contributed by atoms with Gasteiger partial charge < -0.3 is 24.8 Å². The van der Waals surface area contributed by atoms with E-state index in [-0.39, 0.29) is 5.75 Å². The van der Waals surface area contributed by atoms with E-state index >= 15 is 0 Å². The Labute approximate surface area is 195 Å². The van der Waals surface area contributed by atoms with Crippen molar-refractivity contribution in [2.75, 3.05) is 6.54 Å². The first kappa shape index (κ1) is 24.4. The second-order valence-electron chi connectivity index (χ2n) is 9.83. The standard InChI is InChI=1S/C26H34N2O5/c1-17(2)20-10-6-9-19(12-20)15-28-16-23(32-25(28)31)22(27-24(30)33-26(3,4)5)14-18-8-7-11-21(29)13-18/h6-13,17,22-23,29H,14-16H2,1-5H3,(H,27,30). The highest BCUT2D eigenvalue weighted by molar-refractivity contribution is 5.71. The zero-order valence-corrected chi connectivity index (χ0v) is 20.0. The number of hydrogen-bond acceptors (Lipinski definition) is 5. The minimum Gasteiger partial charge on any atom is -0.508 e. The van der Waals surface area contributed by atoms with Gasteiger partial charge in [0.15, 0.2) is 0 Å². The van der Waals surface area contributed by atoms with E-state index in [0.717, 1.165) is 11.1 Å². The lowest BCUT2D eigenvalue weighted by molar-refractivity contribution is 0.0436. The van der Waals surface area contributed by atoms with Crippen molar-refractivity contribution in [3.63, 3.8) is 0 Å². The Morgan fingerprint density at radius 1 is 1.18 bits per heavy atom. The summed E-state index contributed by atoms with van der Waals surface area (Å²) < 4.78 is 11.1. The molecule has 2 aromatic rings. The van der Waals surface area contributed by atoms with Gasteiger partial charge in [-0.25, -0.2) is 9.59 Å². The fourth-order valence-corrected chi connectivity index (χ4v) is 3.81. The molecule has 7 nitrogen and oxygen atoms in total. The van der Waals surface area contributed by atoms with E-state index in [4.69, 9.17) is 9.47 Å². The van der Waals surface area contributed by atoms with Gasteiger partial charge in [0.05, 0.1) is 12.6 Å². The summed E-state index contributed by atoms with van der Waals surface area (Å²) in [4.78, 5) is 26.8. The van der Waals surface area contributed by atoms with Crippen LogP contribution in [0.15, 0.2) is 48.5 Å². The van der Waals surface area contributed by atoms with Crippen LogP contribution in [0.25, 0.3) is 0 Å². The summed E-state index contributed by atoms with van der Waals surface area (Å²) in [5.74, 6) is 0.534. The van der Waals surface area contributed by atoms with Crippen LogP contribution in [-0.2, 0) is 22.4 Å². The van der Waals surface area contributed by atoms with Crippen molar-refractivity contribution in [1.29, 1.82) is 0 Å². The van der Waals surface area contributed by atoms with Crippen LogP contribution >= 0.6 is 0 Å². The van der Waals surface area contributed by atoms with E-state index in [9.17, 15) is 14.7 Å². The first-order valence-corrected chi connectivity index (χ1v) is 11.3. The molecule has 0 spiro atoms. The molecule has 0 saturated carbocycles. The molecule has 33 heavy (non-hydrogen) atoms. The highest BCUT2D eigenvalue weighted by Gasteiger charge is 2.38. The van der Waals surface area contributed by atoms with E-state index in [1.807, 2.05) is 18.2 Å². The van der Waals surface area contributed by atoms with Crippen LogP contribution in [0.3, 0.4) is 0 Å². The number of nitrogens with zero attached hydrogens (tertiary/aromatic N) is 1. The summed E-state index contributed by atoms with van der Waals surface area (Å²) in [5, 5.41) is 12.7. The molecule has 1 aliphatic heterocycles. The third kappa shape index (κ3) is 7.14. The molecule has 178 valence electrons. The van der Waals surface area contributed by atoms with Crippen LogP contribution in [-0.4, -0.2) is 46.5 Å². The number of ether oxygens (including phenoxy) is 2. The lowest BCUT2D eigenvalue weighted by Crippen LogP contribution is -2.48. The van der Waals surface area contributed by atoms with E-state index in [2.05, 4.69) is 31.3 Å². The smallest absolute Gasteiger partial charge is 0.410 e. The number of aromatic hydroxyl groups is 1. The van der Waals surface area contributed by atoms with Gasteiger partial charge in [-0.15, -0.1) is 0 Å². The molecule has 2 aromatic carbocycles. The number of alkyl carbamates (subject to hydrolysis) is 1. The molecule has 1 aliphatic rings. The van der Waals surface area contributed by atoms with Gasteiger partial charge in [-0.1, -0.05) is 50.2 Å². The highest BCUT2D eigenvalue weighted by Crippen LogP contribution is 2.23. The van der Waals surface area contributed by atoms with Crippen molar-refractivity contribution < 1.29 is 24.2 Å². The van der Waals surface area contributed by atoms with Gasteiger partial charge in [0.25, 0.3) is 0 Å². The fourth-order valence-electron chi connectivity index (χ4n) is 3.81. The molecule has 1 fully saturated rings. The number of rotatable bonds is 7. The molecule has 2 N–H and O–H groups in total. The van der Waals surface area contributed by atoms with E-state index in [1.54, 1.807) is 43.9 Å². The molecular formula is C26H34N2O5. The number of carbonyl (C=O) groups is 2. The van der Waals surface area contributed by atoms with Crippen LogP contribution in [0.2, 0.25) is 0 Å². The van der Waals surface area contributed by atoms with E-state index in [0.29, 0.717) is 25.4 Å². The Bertz CT molecular complexity index is 983. The van der Waals surface area contributed by atoms with Crippen molar-refractivity contribution in [2.45, 2.75) is 71.2 Å². The van der Waals surface area contributed by atoms with Crippen LogP contribution in [0, 0.1) is 0 Å². The maximum Gasteiger partial charge on any atom is 0.410 e. The average molecular weight is 455 g/mol. The summed E-state index contributed by atoms with van der Waals surface area (Å²) in [6.07, 6.45) is -1.17. The van der Waals surface area contributed by atoms with Gasteiger partial charge in [-0.2, -0.15) is 0 Å². The molecule has 1 saturated heterocycles. The van der Waals surface area contributed by atoms with Crippen LogP contribution < -0.4 is 5.32 Å². The number of hydrogen-bond donors (Lipinski definition) is 2. The number of carbonyl (C=O) groups excluding carboxylic acids is 2. The Balaban J connectivity index is 1.74. The molecule has 1 heterocycles. The number of benzene rings is 2. The monoisotopic (exact) mass is 454 g/mol. The number of phenols is 1. The predicted octanol–water partition coefficient (Wildman–Crippen LogP) is 4.97. The highest BCUT2D eigenvalue weighted by atomic mass is 16.6. The van der Waals surface area contributed by atoms with Gasteiger partial charge >= 0.3 is 12.2 Å². The minimum absolute atomic E-state index is 0.138. The number of nitrogens with one attached hydrogen (secondary N) is 1. The van der Waals surface area contributed by atoms with Crippen LogP contribution in [0.4, 0.5) is 9.59 Å². The quantitative estimate of drug-likeness (QED) is 0.617. The van der Waals surface area contributed by atoms with Crippen molar-refractivity contribution in [3.05, 3.63) is 65.2 Å². The summed E-state index contributed by atoms with van der Waals surface area (Å²) in [6, 6.07) is 14.5. The predicted molar refractivity (Wildman–Crippen MR) is 126 cm³/mol. The van der Waals surface area contributed by atoms with Crippen LogP contribution in [0.5, 0.6) is 5.75 Å². The van der Waals surface area contributed by atoms with Gasteiger partial charge in [0, 0.05) is 6.54 Å². The topological polar surface area (TPSA) is 88.1 Å². The first-order valence-electron chi connectivity index (χ1n) is 11.3. The largest absolute Gasteiger partial charge is 0.508 e. The van der Waals surface area contributed by atoms with Crippen molar-refractivity contribution in [2.24, 2.45) is 0 Å². The first-order chi connectivity index (χ1) is 15.5. The third-order valence-corrected chi connectivity index (χ3v) is 5.42. The summed E-state index contributed by atoms with van der Waals surface area (Å²) >= 11 is 0. The van der Waals surface area contributed by atoms with Crippen molar-refractivity contribution in [1.82, 2.24) is 10.2 Å². The number of amides is 2. The maximum absolute atomic E-state index is 12.7. The summed E-state index contributed by atoms with van der Waals surface area (Å²) in [5.41, 5.74) is 2.41. The SMILES string of the molecule is CC(C)c1cccc(CN2CC(C(Cc3cccc(O)c3)NC(=O)OC(C)(C)C)OC2=O)c1.